The summed E-state index contributed by atoms with van der Waals surface area (Å²) >= 11 is 0. The highest BCUT2D eigenvalue weighted by molar-refractivity contribution is 5.94. The van der Waals surface area contributed by atoms with E-state index in [1.54, 1.807) is 20.9 Å². The Morgan fingerprint density at radius 2 is 1.51 bits per heavy atom. The topological polar surface area (TPSA) is 232 Å². The Kier molecular flexibility index (Phi) is 16.6. The van der Waals surface area contributed by atoms with Gasteiger partial charge in [-0.15, -0.1) is 0 Å². The van der Waals surface area contributed by atoms with E-state index >= 15 is 0 Å². The minimum atomic E-state index is -1.25. The van der Waals surface area contributed by atoms with Crippen LogP contribution in [0, 0.1) is 0 Å². The van der Waals surface area contributed by atoms with E-state index in [2.05, 4.69) is 26.6 Å². The van der Waals surface area contributed by atoms with Crippen molar-refractivity contribution in [3.05, 3.63) is 0 Å². The maximum absolute atomic E-state index is 12.8. The third kappa shape index (κ3) is 12.6. The van der Waals surface area contributed by atoms with Crippen molar-refractivity contribution in [2.24, 2.45) is 5.73 Å². The minimum Gasteiger partial charge on any atom is -0.394 e. The van der Waals surface area contributed by atoms with Crippen LogP contribution in [0.15, 0.2) is 0 Å². The van der Waals surface area contributed by atoms with E-state index in [-0.39, 0.29) is 19.5 Å². The van der Waals surface area contributed by atoms with E-state index in [1.807, 2.05) is 0 Å². The number of rotatable bonds is 18. The summed E-state index contributed by atoms with van der Waals surface area (Å²) in [5.41, 5.74) is 5.49. The second-order valence-electron chi connectivity index (χ2n) is 8.59. The molecule has 0 aromatic carbocycles. The third-order valence-electron chi connectivity index (χ3n) is 5.10. The number of hydrogen-bond donors (Lipinski definition) is 8. The van der Waals surface area contributed by atoms with Crippen molar-refractivity contribution in [2.75, 3.05) is 39.8 Å². The zero-order valence-electron chi connectivity index (χ0n) is 21.8. The standard InChI is InChI=1S/C22H41N7O8/c1-13(2)29(19(35)10-24-4)20(14(3)32)22(37)26-9-18(34)28-16(6-5-7-23)21(36)25-8-17(33)27-15(11-30)12-31/h11,13-16,20,24,31-32H,5-10,12,23H2,1-4H3,(H,25,36)(H,26,37)(H,27,33)(H,28,34). The zero-order chi connectivity index (χ0) is 28.5. The van der Waals surface area contributed by atoms with Gasteiger partial charge in [0.1, 0.15) is 24.4 Å². The maximum Gasteiger partial charge on any atom is 0.245 e. The molecule has 0 heterocycles. The average Bonchev–Trinajstić information content (AvgIpc) is 2.84. The highest BCUT2D eigenvalue weighted by Gasteiger charge is 2.35. The fourth-order valence-corrected chi connectivity index (χ4v) is 3.36. The number of carbonyl (C=O) groups excluding carboxylic acids is 6. The number of aliphatic hydroxyl groups is 2. The molecule has 15 nitrogen and oxygen atoms in total. The quantitative estimate of drug-likeness (QED) is 0.0787. The first-order valence-electron chi connectivity index (χ1n) is 12.0. The molecule has 0 aromatic rings. The van der Waals surface area contributed by atoms with Gasteiger partial charge in [-0.2, -0.15) is 0 Å². The van der Waals surface area contributed by atoms with Crippen LogP contribution in [0.5, 0.6) is 0 Å². The molecule has 15 heteroatoms. The van der Waals surface area contributed by atoms with Crippen LogP contribution in [0.4, 0.5) is 0 Å². The highest BCUT2D eigenvalue weighted by Crippen LogP contribution is 2.11. The van der Waals surface area contributed by atoms with Gasteiger partial charge >= 0.3 is 0 Å². The van der Waals surface area contributed by atoms with E-state index in [9.17, 15) is 33.9 Å². The van der Waals surface area contributed by atoms with Crippen LogP contribution in [-0.4, -0.2) is 121 Å². The molecule has 0 radical (unpaired) electrons. The van der Waals surface area contributed by atoms with Crippen molar-refractivity contribution in [3.63, 3.8) is 0 Å². The van der Waals surface area contributed by atoms with E-state index < -0.39 is 79.5 Å². The first-order chi connectivity index (χ1) is 17.4. The summed E-state index contributed by atoms with van der Waals surface area (Å²) in [6.07, 6.45) is -0.370. The van der Waals surface area contributed by atoms with Gasteiger partial charge in [-0.05, 0) is 47.2 Å². The molecule has 4 unspecified atom stereocenters. The van der Waals surface area contributed by atoms with Crippen LogP contribution >= 0.6 is 0 Å². The summed E-state index contributed by atoms with van der Waals surface area (Å²) in [4.78, 5) is 74.0. The lowest BCUT2D eigenvalue weighted by molar-refractivity contribution is -0.146. The van der Waals surface area contributed by atoms with Gasteiger partial charge in [-0.1, -0.05) is 0 Å². The number of nitrogens with zero attached hydrogens (tertiary/aromatic N) is 1. The lowest BCUT2D eigenvalue weighted by Crippen LogP contribution is -2.59. The first-order valence-corrected chi connectivity index (χ1v) is 12.0. The van der Waals surface area contributed by atoms with Gasteiger partial charge in [0, 0.05) is 6.04 Å². The summed E-state index contributed by atoms with van der Waals surface area (Å²) in [6.45, 7) is 3.26. The van der Waals surface area contributed by atoms with Gasteiger partial charge in [0.25, 0.3) is 0 Å². The molecule has 0 saturated carbocycles. The number of amides is 5. The number of carbonyl (C=O) groups is 6. The van der Waals surface area contributed by atoms with Crippen molar-refractivity contribution in [2.45, 2.75) is 63.9 Å². The molecular formula is C22H41N7O8. The largest absolute Gasteiger partial charge is 0.394 e. The van der Waals surface area contributed by atoms with Crippen molar-refractivity contribution in [3.8, 4) is 0 Å². The molecule has 0 fully saturated rings. The van der Waals surface area contributed by atoms with Crippen LogP contribution in [-0.2, 0) is 28.8 Å². The van der Waals surface area contributed by atoms with Crippen LogP contribution in [0.25, 0.3) is 0 Å². The third-order valence-corrected chi connectivity index (χ3v) is 5.10. The van der Waals surface area contributed by atoms with E-state index in [1.165, 1.54) is 11.8 Å². The van der Waals surface area contributed by atoms with Crippen LogP contribution in [0.2, 0.25) is 0 Å². The Hall–Kier alpha value is -3.14. The zero-order valence-corrected chi connectivity index (χ0v) is 21.8. The molecule has 0 aliphatic carbocycles. The fraction of sp³-hybridized carbons (Fsp3) is 0.727. The normalized spacial score (nSPS) is 14.1. The predicted octanol–water partition coefficient (Wildman–Crippen LogP) is -4.68. The van der Waals surface area contributed by atoms with Crippen LogP contribution in [0.3, 0.4) is 0 Å². The molecular weight excluding hydrogens is 490 g/mol. The van der Waals surface area contributed by atoms with Gasteiger partial charge < -0.3 is 52.2 Å². The van der Waals surface area contributed by atoms with Gasteiger partial charge in [-0.25, -0.2) is 0 Å². The maximum atomic E-state index is 12.8. The number of aldehydes is 1. The lowest BCUT2D eigenvalue weighted by Gasteiger charge is -2.35. The Morgan fingerprint density at radius 3 is 1.97 bits per heavy atom. The van der Waals surface area contributed by atoms with Crippen molar-refractivity contribution < 1.29 is 39.0 Å². The van der Waals surface area contributed by atoms with Gasteiger partial charge in [-0.3, -0.25) is 24.0 Å². The number of hydrogen-bond acceptors (Lipinski definition) is 10. The molecule has 0 aromatic heterocycles. The Balaban J connectivity index is 5.16. The molecule has 0 aliphatic rings. The van der Waals surface area contributed by atoms with Crippen LogP contribution in [0.1, 0.15) is 33.6 Å². The van der Waals surface area contributed by atoms with Crippen molar-refractivity contribution in [1.29, 1.82) is 0 Å². The van der Waals surface area contributed by atoms with E-state index in [0.29, 0.717) is 12.7 Å². The fourth-order valence-electron chi connectivity index (χ4n) is 3.36. The number of likely N-dealkylation sites (N-methyl/N-ethyl adjacent to an activating group) is 1. The van der Waals surface area contributed by atoms with Crippen LogP contribution < -0.4 is 32.3 Å². The molecule has 4 atom stereocenters. The highest BCUT2D eigenvalue weighted by atomic mass is 16.3. The summed E-state index contributed by atoms with van der Waals surface area (Å²) in [5, 5.41) is 31.2. The second-order valence-corrected chi connectivity index (χ2v) is 8.59. The Bertz CT molecular complexity index is 778. The predicted molar refractivity (Wildman–Crippen MR) is 133 cm³/mol. The molecule has 0 saturated heterocycles. The lowest BCUT2D eigenvalue weighted by atomic mass is 10.1. The van der Waals surface area contributed by atoms with E-state index in [4.69, 9.17) is 10.8 Å². The Morgan fingerprint density at radius 1 is 0.946 bits per heavy atom. The molecule has 0 rings (SSSR count). The van der Waals surface area contributed by atoms with E-state index in [0.717, 1.165) is 0 Å². The molecule has 212 valence electrons. The van der Waals surface area contributed by atoms with Gasteiger partial charge in [0.05, 0.1) is 32.3 Å². The summed E-state index contributed by atoms with van der Waals surface area (Å²) < 4.78 is 0. The first kappa shape index (κ1) is 33.9. The van der Waals surface area contributed by atoms with Crippen molar-refractivity contribution >= 4 is 35.8 Å². The molecule has 9 N–H and O–H groups in total. The molecule has 0 aliphatic heterocycles. The second kappa shape index (κ2) is 18.2. The summed E-state index contributed by atoms with van der Waals surface area (Å²) in [5.74, 6) is -3.30. The molecule has 5 amide bonds. The van der Waals surface area contributed by atoms with Gasteiger partial charge in [0.2, 0.25) is 29.5 Å². The smallest absolute Gasteiger partial charge is 0.245 e. The number of nitrogens with two attached hydrogens (primary N) is 1. The summed E-state index contributed by atoms with van der Waals surface area (Å²) in [6, 6.07) is -3.85. The number of nitrogens with one attached hydrogen (secondary N) is 5. The molecule has 37 heavy (non-hydrogen) atoms. The molecule has 0 bridgehead atoms. The summed E-state index contributed by atoms with van der Waals surface area (Å²) in [7, 11) is 1.57. The minimum absolute atomic E-state index is 0.0546. The SMILES string of the molecule is CNCC(=O)N(C(C)C)C(C(=O)NCC(=O)NC(CCCN)C(=O)NCC(=O)NC(C=O)CO)C(C)O. The molecule has 0 spiro atoms. The monoisotopic (exact) mass is 531 g/mol. The Labute approximate surface area is 216 Å². The van der Waals surface area contributed by atoms with Gasteiger partial charge in [0.15, 0.2) is 0 Å². The number of aliphatic hydroxyl groups excluding tert-OH is 2. The van der Waals surface area contributed by atoms with Crippen molar-refractivity contribution in [1.82, 2.24) is 31.5 Å². The average molecular weight is 532 g/mol.